The highest BCUT2D eigenvalue weighted by Crippen LogP contribution is 2.37. The van der Waals surface area contributed by atoms with E-state index in [1.165, 1.54) is 12.0 Å². The van der Waals surface area contributed by atoms with E-state index in [-0.39, 0.29) is 5.82 Å². The number of nitrogens with one attached hydrogen (secondary N) is 1. The van der Waals surface area contributed by atoms with E-state index in [4.69, 9.17) is 28.7 Å². The van der Waals surface area contributed by atoms with Gasteiger partial charge in [0.05, 0.1) is 33.1 Å². The largest absolute Gasteiger partial charge is 0.497 e. The molecule has 1 aromatic heterocycles. The van der Waals surface area contributed by atoms with Crippen molar-refractivity contribution in [3.05, 3.63) is 83.0 Å². The average molecular weight is 628 g/mol. The molecule has 0 saturated carbocycles. The molecule has 4 aromatic rings. The third-order valence-electron chi connectivity index (χ3n) is 7.75. The van der Waals surface area contributed by atoms with Gasteiger partial charge in [0.2, 0.25) is 5.95 Å². The predicted octanol–water partition coefficient (Wildman–Crippen LogP) is 6.52. The Bertz CT molecular complexity index is 1630. The molecular formula is C35H41N5O6. The van der Waals surface area contributed by atoms with Gasteiger partial charge >= 0.3 is 6.09 Å². The minimum Gasteiger partial charge on any atom is -0.497 e. The number of benzene rings is 3. The number of para-hydroxylation sites is 1. The lowest BCUT2D eigenvalue weighted by molar-refractivity contribution is 0.0322. The number of hydrogen-bond acceptors (Lipinski definition) is 10. The lowest BCUT2D eigenvalue weighted by atomic mass is 10.1. The van der Waals surface area contributed by atoms with Crippen LogP contribution >= 0.6 is 0 Å². The van der Waals surface area contributed by atoms with Gasteiger partial charge in [-0.3, -0.25) is 4.90 Å². The van der Waals surface area contributed by atoms with Crippen LogP contribution in [0, 0.1) is 27.7 Å². The van der Waals surface area contributed by atoms with Gasteiger partial charge in [-0.15, -0.1) is 0 Å². The van der Waals surface area contributed by atoms with Gasteiger partial charge in [0.15, 0.2) is 0 Å². The molecule has 1 N–H and O–H groups in total. The highest BCUT2D eigenvalue weighted by atomic mass is 16.6. The normalized spacial score (nSPS) is 13.2. The van der Waals surface area contributed by atoms with E-state index < -0.39 is 6.09 Å². The molecule has 0 spiro atoms. The van der Waals surface area contributed by atoms with Crippen LogP contribution in [0.15, 0.2) is 60.8 Å². The van der Waals surface area contributed by atoms with Crippen LogP contribution in [0.1, 0.15) is 22.3 Å². The second kappa shape index (κ2) is 14.9. The molecule has 1 amide bonds. The Hall–Kier alpha value is -4.87. The summed E-state index contributed by atoms with van der Waals surface area (Å²) in [5, 5.41) is 3.29. The van der Waals surface area contributed by atoms with Crippen molar-refractivity contribution >= 4 is 29.2 Å². The van der Waals surface area contributed by atoms with Gasteiger partial charge in [-0.25, -0.2) is 14.7 Å². The summed E-state index contributed by atoms with van der Waals surface area (Å²) in [6.07, 6.45) is 0.929. The van der Waals surface area contributed by atoms with E-state index in [1.807, 2.05) is 58.0 Å². The van der Waals surface area contributed by atoms with Gasteiger partial charge in [-0.05, 0) is 74.2 Å². The number of nitrogens with zero attached hydrogens (tertiary/aromatic N) is 4. The van der Waals surface area contributed by atoms with Crippen molar-refractivity contribution in [2.24, 2.45) is 0 Å². The summed E-state index contributed by atoms with van der Waals surface area (Å²) in [4.78, 5) is 26.8. The predicted molar refractivity (Wildman–Crippen MR) is 178 cm³/mol. The van der Waals surface area contributed by atoms with E-state index in [2.05, 4.69) is 15.2 Å². The summed E-state index contributed by atoms with van der Waals surface area (Å²) in [5.41, 5.74) is 4.86. The molecule has 1 saturated heterocycles. The van der Waals surface area contributed by atoms with E-state index in [1.54, 1.807) is 37.6 Å². The first-order valence-corrected chi connectivity index (χ1v) is 15.2. The Morgan fingerprint density at radius 1 is 0.913 bits per heavy atom. The molecular weight excluding hydrogens is 586 g/mol. The molecule has 1 aliphatic heterocycles. The summed E-state index contributed by atoms with van der Waals surface area (Å²) in [6.45, 7) is 12.6. The standard InChI is InChI=1S/C35H41N5O6/c1-23-8-7-9-24(2)33(23)46-35(41)40(29-11-10-28(42-5)22-30(29)43-6)31-12-13-36-34(38-31)37-27-20-25(3)32(26(4)21-27)45-19-16-39-14-17-44-18-15-39/h7-13,20-22H,14-19H2,1-6H3,(H,36,37,38). The lowest BCUT2D eigenvalue weighted by Gasteiger charge is -2.26. The van der Waals surface area contributed by atoms with Gasteiger partial charge in [0.1, 0.15) is 35.4 Å². The average Bonchev–Trinajstić information content (AvgIpc) is 3.05. The zero-order valence-corrected chi connectivity index (χ0v) is 27.3. The fourth-order valence-corrected chi connectivity index (χ4v) is 5.39. The maximum Gasteiger partial charge on any atom is 0.425 e. The third kappa shape index (κ3) is 7.67. The molecule has 11 heteroatoms. The van der Waals surface area contributed by atoms with Crippen molar-refractivity contribution in [3.8, 4) is 23.0 Å². The molecule has 5 rings (SSSR count). The maximum absolute atomic E-state index is 13.9. The number of carbonyl (C=O) groups is 1. The van der Waals surface area contributed by atoms with Crippen LogP contribution in [0.5, 0.6) is 23.0 Å². The highest BCUT2D eigenvalue weighted by Gasteiger charge is 2.27. The summed E-state index contributed by atoms with van der Waals surface area (Å²) >= 11 is 0. The van der Waals surface area contributed by atoms with Gasteiger partial charge in [-0.2, -0.15) is 4.98 Å². The Kier molecular flexibility index (Phi) is 10.6. The van der Waals surface area contributed by atoms with E-state index in [0.717, 1.165) is 66.5 Å². The fraction of sp³-hybridized carbons (Fsp3) is 0.343. The molecule has 46 heavy (non-hydrogen) atoms. The number of anilines is 4. The van der Waals surface area contributed by atoms with Gasteiger partial charge in [-0.1, -0.05) is 18.2 Å². The molecule has 0 unspecified atom stereocenters. The Balaban J connectivity index is 1.41. The zero-order valence-electron chi connectivity index (χ0n) is 27.3. The molecule has 0 atom stereocenters. The fourth-order valence-electron chi connectivity index (χ4n) is 5.39. The monoisotopic (exact) mass is 627 g/mol. The Morgan fingerprint density at radius 3 is 2.30 bits per heavy atom. The quantitative estimate of drug-likeness (QED) is 0.198. The minimum atomic E-state index is -0.657. The molecule has 0 bridgehead atoms. The van der Waals surface area contributed by atoms with Gasteiger partial charge in [0.25, 0.3) is 0 Å². The summed E-state index contributed by atoms with van der Waals surface area (Å²) in [6, 6.07) is 16.5. The van der Waals surface area contributed by atoms with Crippen LogP contribution in [0.4, 0.5) is 27.9 Å². The van der Waals surface area contributed by atoms with Crippen molar-refractivity contribution < 1.29 is 28.5 Å². The first kappa shape index (κ1) is 32.5. The molecule has 3 aromatic carbocycles. The van der Waals surface area contributed by atoms with Crippen molar-refractivity contribution in [2.75, 3.05) is 63.9 Å². The number of aryl methyl sites for hydroxylation is 4. The SMILES string of the molecule is COc1ccc(N(C(=O)Oc2c(C)cccc2C)c2ccnc(Nc3cc(C)c(OCCN4CCOCC4)c(C)c3)n2)c(OC)c1. The van der Waals surface area contributed by atoms with Crippen LogP contribution in [0.25, 0.3) is 0 Å². The highest BCUT2D eigenvalue weighted by molar-refractivity contribution is 5.98. The second-order valence-corrected chi connectivity index (χ2v) is 11.1. The number of ether oxygens (including phenoxy) is 5. The van der Waals surface area contributed by atoms with E-state index in [0.29, 0.717) is 35.5 Å². The van der Waals surface area contributed by atoms with Gasteiger partial charge in [0, 0.05) is 43.7 Å². The number of morpholine rings is 1. The molecule has 0 radical (unpaired) electrons. The topological polar surface area (TPSA) is 108 Å². The van der Waals surface area contributed by atoms with E-state index >= 15 is 0 Å². The molecule has 2 heterocycles. The van der Waals surface area contributed by atoms with Crippen molar-refractivity contribution in [1.82, 2.24) is 14.9 Å². The maximum atomic E-state index is 13.9. The number of rotatable bonds is 11. The number of aromatic nitrogens is 2. The lowest BCUT2D eigenvalue weighted by Crippen LogP contribution is -2.38. The molecule has 11 nitrogen and oxygen atoms in total. The Morgan fingerprint density at radius 2 is 1.63 bits per heavy atom. The van der Waals surface area contributed by atoms with Crippen LogP contribution in [0.2, 0.25) is 0 Å². The first-order chi connectivity index (χ1) is 22.3. The number of methoxy groups -OCH3 is 2. The summed E-state index contributed by atoms with van der Waals surface area (Å²) < 4.78 is 28.6. The third-order valence-corrected chi connectivity index (χ3v) is 7.75. The van der Waals surface area contributed by atoms with Crippen molar-refractivity contribution in [2.45, 2.75) is 27.7 Å². The van der Waals surface area contributed by atoms with Crippen molar-refractivity contribution in [1.29, 1.82) is 0 Å². The van der Waals surface area contributed by atoms with Crippen LogP contribution in [0.3, 0.4) is 0 Å². The molecule has 0 aliphatic carbocycles. The molecule has 1 fully saturated rings. The number of amides is 1. The molecule has 1 aliphatic rings. The zero-order chi connectivity index (χ0) is 32.6. The smallest absolute Gasteiger partial charge is 0.425 e. The number of carbonyl (C=O) groups excluding carboxylic acids is 1. The van der Waals surface area contributed by atoms with Crippen LogP contribution < -0.4 is 29.2 Å². The van der Waals surface area contributed by atoms with Crippen LogP contribution in [-0.2, 0) is 4.74 Å². The second-order valence-electron chi connectivity index (χ2n) is 11.1. The number of hydrogen-bond donors (Lipinski definition) is 1. The van der Waals surface area contributed by atoms with Crippen LogP contribution in [-0.4, -0.2) is 74.6 Å². The van der Waals surface area contributed by atoms with Crippen molar-refractivity contribution in [3.63, 3.8) is 0 Å². The first-order valence-electron chi connectivity index (χ1n) is 15.2. The minimum absolute atomic E-state index is 0.286. The van der Waals surface area contributed by atoms with Gasteiger partial charge < -0.3 is 29.0 Å². The molecule has 242 valence electrons. The van der Waals surface area contributed by atoms with E-state index in [9.17, 15) is 4.79 Å². The summed E-state index contributed by atoms with van der Waals surface area (Å²) in [7, 11) is 3.10. The Labute approximate surface area is 270 Å². The summed E-state index contributed by atoms with van der Waals surface area (Å²) in [5.74, 6) is 2.91.